The highest BCUT2D eigenvalue weighted by molar-refractivity contribution is 7.89. The van der Waals surface area contributed by atoms with Gasteiger partial charge in [-0.25, -0.2) is 8.42 Å². The third kappa shape index (κ3) is 3.40. The highest BCUT2D eigenvalue weighted by Gasteiger charge is 2.34. The average Bonchev–Trinajstić information content (AvgIpc) is 2.96. The van der Waals surface area contributed by atoms with Crippen molar-refractivity contribution >= 4 is 16.0 Å². The number of benzene rings is 1. The van der Waals surface area contributed by atoms with Crippen molar-refractivity contribution in [2.75, 3.05) is 27.3 Å². The minimum Gasteiger partial charge on any atom is -0.495 e. The predicted octanol–water partition coefficient (Wildman–Crippen LogP) is 0.732. The highest BCUT2D eigenvalue weighted by atomic mass is 32.2. The van der Waals surface area contributed by atoms with E-state index in [-0.39, 0.29) is 29.7 Å². The first-order valence-corrected chi connectivity index (χ1v) is 8.24. The van der Waals surface area contributed by atoms with E-state index in [0.717, 1.165) is 0 Å². The Bertz CT molecular complexity index is 657. The predicted molar refractivity (Wildman–Crippen MR) is 78.5 cm³/mol. The van der Waals surface area contributed by atoms with Gasteiger partial charge in [-0.3, -0.25) is 4.79 Å². The van der Waals surface area contributed by atoms with Crippen molar-refractivity contribution in [2.24, 2.45) is 0 Å². The van der Waals surface area contributed by atoms with Gasteiger partial charge >= 0.3 is 5.97 Å². The minimum absolute atomic E-state index is 0.00879. The molecule has 0 aromatic heterocycles. The number of carboxylic acids is 1. The number of methoxy groups -OCH3 is 2. The number of hydrogen-bond donors (Lipinski definition) is 1. The fraction of sp³-hybridized carbons (Fsp3) is 0.500. The monoisotopic (exact) mass is 329 g/mol. The van der Waals surface area contributed by atoms with E-state index in [9.17, 15) is 13.2 Å². The van der Waals surface area contributed by atoms with Crippen molar-refractivity contribution in [1.82, 2.24) is 4.31 Å². The van der Waals surface area contributed by atoms with Crippen LogP contribution in [-0.2, 0) is 26.0 Å². The van der Waals surface area contributed by atoms with Crippen molar-refractivity contribution in [2.45, 2.75) is 23.8 Å². The van der Waals surface area contributed by atoms with Crippen LogP contribution in [0.1, 0.15) is 12.0 Å². The Kier molecular flexibility index (Phi) is 5.05. The van der Waals surface area contributed by atoms with Gasteiger partial charge in [0.25, 0.3) is 0 Å². The Morgan fingerprint density at radius 2 is 2.14 bits per heavy atom. The number of ether oxygens (including phenoxy) is 2. The van der Waals surface area contributed by atoms with Gasteiger partial charge < -0.3 is 14.6 Å². The first kappa shape index (κ1) is 16.7. The number of sulfonamides is 1. The van der Waals surface area contributed by atoms with E-state index in [4.69, 9.17) is 14.6 Å². The maximum absolute atomic E-state index is 12.8. The fourth-order valence-electron chi connectivity index (χ4n) is 2.45. The molecule has 2 rings (SSSR count). The molecule has 0 radical (unpaired) electrons. The van der Waals surface area contributed by atoms with Crippen molar-refractivity contribution in [1.29, 1.82) is 0 Å². The van der Waals surface area contributed by atoms with Crippen molar-refractivity contribution in [3.8, 4) is 5.75 Å². The van der Waals surface area contributed by atoms with Gasteiger partial charge in [0.1, 0.15) is 10.6 Å². The summed E-state index contributed by atoms with van der Waals surface area (Å²) in [5.41, 5.74) is 0.411. The fourth-order valence-corrected chi connectivity index (χ4v) is 4.15. The van der Waals surface area contributed by atoms with Crippen molar-refractivity contribution in [3.05, 3.63) is 23.8 Å². The van der Waals surface area contributed by atoms with Gasteiger partial charge in [-0.2, -0.15) is 4.31 Å². The summed E-state index contributed by atoms with van der Waals surface area (Å²) in [5, 5.41) is 8.86. The highest BCUT2D eigenvalue weighted by Crippen LogP contribution is 2.30. The summed E-state index contributed by atoms with van der Waals surface area (Å²) in [7, 11) is -0.815. The van der Waals surface area contributed by atoms with Crippen LogP contribution in [0.5, 0.6) is 5.75 Å². The molecule has 0 unspecified atom stereocenters. The molecule has 22 heavy (non-hydrogen) atoms. The second-order valence-corrected chi connectivity index (χ2v) is 6.97. The molecule has 0 saturated carbocycles. The molecule has 8 heteroatoms. The molecule has 0 aliphatic carbocycles. The average molecular weight is 329 g/mol. The summed E-state index contributed by atoms with van der Waals surface area (Å²) in [5.74, 6) is -0.816. The van der Waals surface area contributed by atoms with Gasteiger partial charge in [-0.05, 0) is 24.1 Å². The third-order valence-electron chi connectivity index (χ3n) is 3.64. The number of carboxylic acid groups (broad SMARTS) is 1. The molecule has 1 atom stereocenters. The topological polar surface area (TPSA) is 93.1 Å². The second-order valence-electron chi connectivity index (χ2n) is 5.07. The van der Waals surface area contributed by atoms with Gasteiger partial charge in [0, 0.05) is 20.2 Å². The summed E-state index contributed by atoms with van der Waals surface area (Å²) in [6.45, 7) is 0.651. The molecule has 7 nitrogen and oxygen atoms in total. The van der Waals surface area contributed by atoms with E-state index >= 15 is 0 Å². The molecule has 1 aliphatic heterocycles. The van der Waals surface area contributed by atoms with Crippen LogP contribution < -0.4 is 4.74 Å². The second kappa shape index (κ2) is 6.64. The molecule has 1 fully saturated rings. The van der Waals surface area contributed by atoms with Gasteiger partial charge in [0.2, 0.25) is 10.0 Å². The van der Waals surface area contributed by atoms with Crippen molar-refractivity contribution < 1.29 is 27.8 Å². The lowest BCUT2D eigenvalue weighted by molar-refractivity contribution is -0.136. The van der Waals surface area contributed by atoms with E-state index < -0.39 is 16.0 Å². The van der Waals surface area contributed by atoms with Crippen molar-refractivity contribution in [3.63, 3.8) is 0 Å². The van der Waals surface area contributed by atoms with Crippen LogP contribution in [0.4, 0.5) is 0 Å². The molecule has 1 heterocycles. The molecular formula is C14H19NO6S. The molecule has 1 aromatic rings. The summed E-state index contributed by atoms with van der Waals surface area (Å²) in [4.78, 5) is 10.8. The van der Waals surface area contributed by atoms with E-state index in [1.165, 1.54) is 23.5 Å². The number of rotatable bonds is 6. The lowest BCUT2D eigenvalue weighted by atomic mass is 10.1. The number of carbonyl (C=O) groups is 1. The van der Waals surface area contributed by atoms with Crippen LogP contribution >= 0.6 is 0 Å². The summed E-state index contributed by atoms with van der Waals surface area (Å²) < 4.78 is 37.2. The number of aliphatic carboxylic acids is 1. The molecule has 0 spiro atoms. The third-order valence-corrected chi connectivity index (χ3v) is 5.53. The Balaban J connectivity index is 2.38. The van der Waals surface area contributed by atoms with Gasteiger partial charge in [0.05, 0.1) is 19.6 Å². The molecule has 0 bridgehead atoms. The molecule has 0 amide bonds. The molecule has 122 valence electrons. The van der Waals surface area contributed by atoms with Gasteiger partial charge in [0.15, 0.2) is 0 Å². The van der Waals surface area contributed by atoms with Crippen LogP contribution in [0.3, 0.4) is 0 Å². The lowest BCUT2D eigenvalue weighted by Crippen LogP contribution is -2.30. The molecule has 1 aliphatic rings. The molecule has 1 saturated heterocycles. The number of nitrogens with zero attached hydrogens (tertiary/aromatic N) is 1. The Hall–Kier alpha value is -1.64. The van der Waals surface area contributed by atoms with Crippen LogP contribution in [0.2, 0.25) is 0 Å². The molecule has 1 N–H and O–H groups in total. The van der Waals surface area contributed by atoms with Crippen LogP contribution in [0, 0.1) is 0 Å². The molecular weight excluding hydrogens is 310 g/mol. The Labute approximate surface area is 129 Å². The van der Waals surface area contributed by atoms with Crippen LogP contribution in [-0.4, -0.2) is 57.2 Å². The maximum atomic E-state index is 12.8. The van der Waals surface area contributed by atoms with E-state index in [2.05, 4.69) is 0 Å². The summed E-state index contributed by atoms with van der Waals surface area (Å²) >= 11 is 0. The first-order valence-electron chi connectivity index (χ1n) is 6.80. The molecule has 1 aromatic carbocycles. The van der Waals surface area contributed by atoms with E-state index in [1.54, 1.807) is 13.2 Å². The SMILES string of the molecule is COc1ccc(CC(=O)O)cc1S(=O)(=O)N1CC[C@@H](OC)C1. The lowest BCUT2D eigenvalue weighted by Gasteiger charge is -2.18. The summed E-state index contributed by atoms with van der Waals surface area (Å²) in [6.07, 6.45) is 0.267. The zero-order chi connectivity index (χ0) is 16.3. The van der Waals surface area contributed by atoms with E-state index in [1.807, 2.05) is 0 Å². The quantitative estimate of drug-likeness (QED) is 0.827. The standard InChI is InChI=1S/C14H19NO6S/c1-20-11-5-6-15(9-11)22(18,19)13-7-10(8-14(16)17)3-4-12(13)21-2/h3-4,7,11H,5-6,8-9H2,1-2H3,(H,16,17)/t11-/m1/s1. The number of hydrogen-bond acceptors (Lipinski definition) is 5. The van der Waals surface area contributed by atoms with E-state index in [0.29, 0.717) is 18.5 Å². The Morgan fingerprint density at radius 1 is 1.41 bits per heavy atom. The van der Waals surface area contributed by atoms with Crippen LogP contribution in [0.25, 0.3) is 0 Å². The van der Waals surface area contributed by atoms with Gasteiger partial charge in [-0.15, -0.1) is 0 Å². The normalized spacial score (nSPS) is 19.3. The largest absolute Gasteiger partial charge is 0.495 e. The zero-order valence-corrected chi connectivity index (χ0v) is 13.3. The van der Waals surface area contributed by atoms with Gasteiger partial charge in [-0.1, -0.05) is 6.07 Å². The Morgan fingerprint density at radius 3 is 2.68 bits per heavy atom. The smallest absolute Gasteiger partial charge is 0.307 e. The summed E-state index contributed by atoms with van der Waals surface area (Å²) in [6, 6.07) is 4.39. The maximum Gasteiger partial charge on any atom is 0.307 e. The minimum atomic E-state index is -3.75. The zero-order valence-electron chi connectivity index (χ0n) is 12.5. The van der Waals surface area contributed by atoms with Crippen LogP contribution in [0.15, 0.2) is 23.1 Å². The first-order chi connectivity index (χ1) is 10.4.